The van der Waals surface area contributed by atoms with E-state index in [1.54, 1.807) is 17.4 Å². The van der Waals surface area contributed by atoms with Gasteiger partial charge in [0, 0.05) is 17.6 Å². The number of anilines is 2. The molecule has 0 amide bonds. The lowest BCUT2D eigenvalue weighted by molar-refractivity contribution is 0.967. The Labute approximate surface area is 132 Å². The second kappa shape index (κ2) is 7.11. The van der Waals surface area contributed by atoms with E-state index in [1.165, 1.54) is 4.88 Å². The van der Waals surface area contributed by atoms with Crippen molar-refractivity contribution in [3.63, 3.8) is 0 Å². The lowest BCUT2D eigenvalue weighted by atomic mass is 10.4. The van der Waals surface area contributed by atoms with E-state index in [2.05, 4.69) is 27.5 Å². The first-order chi connectivity index (χ1) is 9.60. The van der Waals surface area contributed by atoms with Gasteiger partial charge in [0.05, 0.1) is 16.6 Å². The molecule has 0 unspecified atom stereocenters. The summed E-state index contributed by atoms with van der Waals surface area (Å²) in [6.45, 7) is 5.53. The minimum atomic E-state index is 0.505. The number of nitrogens with zero attached hydrogens (tertiary/aromatic N) is 2. The topological polar surface area (TPSA) is 49.8 Å². The number of aryl methyl sites for hydroxylation is 1. The van der Waals surface area contributed by atoms with E-state index in [1.807, 2.05) is 13.1 Å². The van der Waals surface area contributed by atoms with E-state index < -0.39 is 0 Å². The van der Waals surface area contributed by atoms with Crippen molar-refractivity contribution < 1.29 is 0 Å². The molecule has 2 N–H and O–H groups in total. The number of hydrogen-bond acceptors (Lipinski definition) is 5. The van der Waals surface area contributed by atoms with Gasteiger partial charge in [0.25, 0.3) is 0 Å². The van der Waals surface area contributed by atoms with E-state index in [0.717, 1.165) is 18.0 Å². The third kappa shape index (κ3) is 3.98. The fraction of sp³-hybridized carbons (Fsp3) is 0.385. The Morgan fingerprint density at radius 1 is 1.20 bits per heavy atom. The van der Waals surface area contributed by atoms with Crippen LogP contribution in [0, 0.1) is 6.92 Å². The second-order valence-corrected chi connectivity index (χ2v) is 6.43. The van der Waals surface area contributed by atoms with Gasteiger partial charge in [-0.15, -0.1) is 11.3 Å². The molecule has 2 aromatic heterocycles. The molecule has 4 nitrogen and oxygen atoms in total. The molecule has 0 saturated carbocycles. The Balaban J connectivity index is 2.09. The molecule has 0 aliphatic carbocycles. The summed E-state index contributed by atoms with van der Waals surface area (Å²) in [5, 5.41) is 8.40. The van der Waals surface area contributed by atoms with E-state index in [0.29, 0.717) is 28.2 Å². The lowest BCUT2D eigenvalue weighted by Gasteiger charge is -2.11. The molecule has 0 aliphatic rings. The summed E-state index contributed by atoms with van der Waals surface area (Å²) in [6, 6.07) is 1.70. The van der Waals surface area contributed by atoms with Crippen LogP contribution in [0.5, 0.6) is 0 Å². The highest BCUT2D eigenvalue weighted by Gasteiger charge is 2.09. The summed E-state index contributed by atoms with van der Waals surface area (Å²) in [6.07, 6.45) is 2.86. The predicted molar refractivity (Wildman–Crippen MR) is 87.2 cm³/mol. The molecule has 0 saturated heterocycles. The number of pyridine rings is 1. The van der Waals surface area contributed by atoms with E-state index in [-0.39, 0.29) is 0 Å². The molecule has 0 aromatic carbocycles. The molecule has 0 aliphatic heterocycles. The average Bonchev–Trinajstić information content (AvgIpc) is 2.82. The van der Waals surface area contributed by atoms with Crippen molar-refractivity contribution >= 4 is 46.2 Å². The van der Waals surface area contributed by atoms with Crippen molar-refractivity contribution in [2.45, 2.75) is 26.8 Å². The van der Waals surface area contributed by atoms with Crippen LogP contribution in [0.2, 0.25) is 10.0 Å². The molecule has 20 heavy (non-hydrogen) atoms. The van der Waals surface area contributed by atoms with Crippen LogP contribution in [0.4, 0.5) is 11.6 Å². The fourth-order valence-electron chi connectivity index (χ4n) is 1.60. The molecule has 2 heterocycles. The normalized spacial score (nSPS) is 10.6. The summed E-state index contributed by atoms with van der Waals surface area (Å²) in [4.78, 5) is 9.90. The SMILES string of the molecule is CCCNc1nc(NCc2ncc(C)s2)c(Cl)cc1Cl. The molecule has 7 heteroatoms. The molecule has 108 valence electrons. The monoisotopic (exact) mass is 330 g/mol. The summed E-state index contributed by atoms with van der Waals surface area (Å²) in [5.41, 5.74) is 0. The Kier molecular flexibility index (Phi) is 5.46. The highest BCUT2D eigenvalue weighted by Crippen LogP contribution is 2.29. The zero-order chi connectivity index (χ0) is 14.5. The van der Waals surface area contributed by atoms with Gasteiger partial charge in [-0.25, -0.2) is 9.97 Å². The maximum atomic E-state index is 6.15. The van der Waals surface area contributed by atoms with E-state index in [9.17, 15) is 0 Å². The Bertz CT molecular complexity index is 586. The van der Waals surface area contributed by atoms with Crippen LogP contribution >= 0.6 is 34.5 Å². The van der Waals surface area contributed by atoms with Gasteiger partial charge >= 0.3 is 0 Å². The van der Waals surface area contributed by atoms with Crippen LogP contribution in [0.3, 0.4) is 0 Å². The van der Waals surface area contributed by atoms with Crippen molar-refractivity contribution in [1.82, 2.24) is 9.97 Å². The van der Waals surface area contributed by atoms with Crippen molar-refractivity contribution in [3.8, 4) is 0 Å². The third-order valence-electron chi connectivity index (χ3n) is 2.55. The van der Waals surface area contributed by atoms with E-state index in [4.69, 9.17) is 23.2 Å². The van der Waals surface area contributed by atoms with E-state index >= 15 is 0 Å². The number of thiazole rings is 1. The molecule has 0 spiro atoms. The van der Waals surface area contributed by atoms with Crippen molar-refractivity contribution in [2.24, 2.45) is 0 Å². The Morgan fingerprint density at radius 3 is 2.50 bits per heavy atom. The predicted octanol–water partition coefficient (Wildman–Crippen LogP) is 4.59. The van der Waals surface area contributed by atoms with Crippen LogP contribution < -0.4 is 10.6 Å². The van der Waals surface area contributed by atoms with Gasteiger partial charge < -0.3 is 10.6 Å². The molecule has 2 aromatic rings. The van der Waals surface area contributed by atoms with Gasteiger partial charge in [-0.1, -0.05) is 30.1 Å². The van der Waals surface area contributed by atoms with Crippen LogP contribution in [0.25, 0.3) is 0 Å². The van der Waals surface area contributed by atoms with Crippen molar-refractivity contribution in [2.75, 3.05) is 17.2 Å². The van der Waals surface area contributed by atoms with Gasteiger partial charge in [-0.2, -0.15) is 0 Å². The molecule has 0 atom stereocenters. The summed E-state index contributed by atoms with van der Waals surface area (Å²) in [5.74, 6) is 1.26. The third-order valence-corrected chi connectivity index (χ3v) is 4.04. The van der Waals surface area contributed by atoms with Crippen LogP contribution in [-0.2, 0) is 6.54 Å². The standard InChI is InChI=1S/C13H16Cl2N4S/c1-3-4-16-12-9(14)5-10(15)13(19-12)18-7-11-17-6-8(2)20-11/h5-6H,3-4,7H2,1-2H3,(H2,16,18,19). The van der Waals surface area contributed by atoms with Gasteiger partial charge in [-0.3, -0.25) is 0 Å². The fourth-order valence-corrected chi connectivity index (χ4v) is 2.82. The van der Waals surface area contributed by atoms with Gasteiger partial charge in [-0.05, 0) is 19.4 Å². The molecular formula is C13H16Cl2N4S. The molecular weight excluding hydrogens is 315 g/mol. The number of aromatic nitrogens is 2. The van der Waals surface area contributed by atoms with Crippen LogP contribution in [0.1, 0.15) is 23.2 Å². The van der Waals surface area contributed by atoms with Crippen LogP contribution in [-0.4, -0.2) is 16.5 Å². The number of rotatable bonds is 6. The quantitative estimate of drug-likeness (QED) is 0.813. The van der Waals surface area contributed by atoms with Crippen molar-refractivity contribution in [1.29, 1.82) is 0 Å². The lowest BCUT2D eigenvalue weighted by Crippen LogP contribution is -2.07. The zero-order valence-corrected chi connectivity index (χ0v) is 13.7. The van der Waals surface area contributed by atoms with Crippen LogP contribution in [0.15, 0.2) is 12.3 Å². The first-order valence-corrected chi connectivity index (χ1v) is 7.92. The largest absolute Gasteiger partial charge is 0.369 e. The molecule has 0 radical (unpaired) electrons. The maximum absolute atomic E-state index is 6.15. The van der Waals surface area contributed by atoms with Crippen molar-refractivity contribution in [3.05, 3.63) is 32.2 Å². The zero-order valence-electron chi connectivity index (χ0n) is 11.3. The molecule has 0 bridgehead atoms. The minimum Gasteiger partial charge on any atom is -0.369 e. The average molecular weight is 331 g/mol. The maximum Gasteiger partial charge on any atom is 0.147 e. The van der Waals surface area contributed by atoms with Gasteiger partial charge in [0.2, 0.25) is 0 Å². The second-order valence-electron chi connectivity index (χ2n) is 4.29. The summed E-state index contributed by atoms with van der Waals surface area (Å²) in [7, 11) is 0. The Hall–Kier alpha value is -1.04. The van der Waals surface area contributed by atoms with Gasteiger partial charge in [0.15, 0.2) is 0 Å². The molecule has 2 rings (SSSR count). The highest BCUT2D eigenvalue weighted by molar-refractivity contribution is 7.11. The highest BCUT2D eigenvalue weighted by atomic mass is 35.5. The first kappa shape index (κ1) is 15.4. The number of nitrogens with one attached hydrogen (secondary N) is 2. The minimum absolute atomic E-state index is 0.505. The smallest absolute Gasteiger partial charge is 0.147 e. The number of hydrogen-bond donors (Lipinski definition) is 2. The number of halogens is 2. The Morgan fingerprint density at radius 2 is 1.90 bits per heavy atom. The first-order valence-electron chi connectivity index (χ1n) is 6.35. The summed E-state index contributed by atoms with van der Waals surface area (Å²) < 4.78 is 0. The summed E-state index contributed by atoms with van der Waals surface area (Å²) >= 11 is 13.9. The molecule has 0 fully saturated rings. The van der Waals surface area contributed by atoms with Gasteiger partial charge in [0.1, 0.15) is 16.6 Å².